The van der Waals surface area contributed by atoms with E-state index in [1.807, 2.05) is 5.38 Å². The minimum Gasteiger partial charge on any atom is -0.505 e. The zero-order valence-corrected chi connectivity index (χ0v) is 14.0. The van der Waals surface area contributed by atoms with E-state index >= 15 is 0 Å². The number of aliphatic hydroxyl groups excluding tert-OH is 1. The summed E-state index contributed by atoms with van der Waals surface area (Å²) >= 11 is 1.46. The summed E-state index contributed by atoms with van der Waals surface area (Å²) in [5.41, 5.74) is 14.0. The lowest BCUT2D eigenvalue weighted by Crippen LogP contribution is -2.18. The molecular formula is C15H17N4OPS. The van der Waals surface area contributed by atoms with Crippen LogP contribution in [0, 0.1) is 5.41 Å². The van der Waals surface area contributed by atoms with E-state index in [-0.39, 0.29) is 17.3 Å². The van der Waals surface area contributed by atoms with Crippen molar-refractivity contribution in [1.29, 1.82) is 5.41 Å². The smallest absolute Gasteiger partial charge is 0.147 e. The molecule has 0 spiro atoms. The van der Waals surface area contributed by atoms with E-state index in [4.69, 9.17) is 16.9 Å². The molecule has 5 nitrogen and oxygen atoms in total. The number of nitrogen functional groups attached to an aromatic ring is 1. The lowest BCUT2D eigenvalue weighted by atomic mass is 10.1. The predicted molar refractivity (Wildman–Crippen MR) is 98.0 cm³/mol. The molecule has 1 heterocycles. The van der Waals surface area contributed by atoms with Gasteiger partial charge in [-0.2, -0.15) is 11.3 Å². The van der Waals surface area contributed by atoms with Crippen molar-refractivity contribution in [2.75, 3.05) is 5.73 Å². The molecule has 0 saturated carbocycles. The van der Waals surface area contributed by atoms with Crippen molar-refractivity contribution in [3.05, 3.63) is 51.9 Å². The summed E-state index contributed by atoms with van der Waals surface area (Å²) in [7, 11) is 2.54. The molecule has 1 atom stereocenters. The standard InChI is InChI=1S/C15H17N4OPS/c1-8(14(20)13(17)9-4-5-22-7-9)15(18)19-11-3-2-10(16)6-12(11)21/h2-7,17,20H,16,21H2,1H3,(H2,18,19)/b14-8-,17-13?. The number of anilines is 1. The minimum absolute atomic E-state index is 0.0281. The van der Waals surface area contributed by atoms with E-state index in [0.29, 0.717) is 22.5 Å². The molecule has 0 aliphatic carbocycles. The monoisotopic (exact) mass is 332 g/mol. The highest BCUT2D eigenvalue weighted by molar-refractivity contribution is 7.28. The van der Waals surface area contributed by atoms with Gasteiger partial charge in [-0.05, 0) is 41.9 Å². The molecule has 0 fully saturated rings. The number of aliphatic hydroxyl groups is 1. The third kappa shape index (κ3) is 3.53. The molecule has 1 unspecified atom stereocenters. The van der Waals surface area contributed by atoms with Gasteiger partial charge < -0.3 is 16.6 Å². The average molecular weight is 332 g/mol. The topological polar surface area (TPSA) is 108 Å². The van der Waals surface area contributed by atoms with Gasteiger partial charge in [-0.25, -0.2) is 4.99 Å². The molecule has 0 radical (unpaired) electrons. The van der Waals surface area contributed by atoms with Gasteiger partial charge in [0, 0.05) is 22.2 Å². The molecule has 22 heavy (non-hydrogen) atoms. The maximum absolute atomic E-state index is 10.2. The van der Waals surface area contributed by atoms with Crippen molar-refractivity contribution in [1.82, 2.24) is 0 Å². The Morgan fingerprint density at radius 2 is 2.09 bits per heavy atom. The van der Waals surface area contributed by atoms with Crippen molar-refractivity contribution in [2.45, 2.75) is 6.92 Å². The number of aliphatic imine (C=N–C) groups is 1. The van der Waals surface area contributed by atoms with Gasteiger partial charge in [0.25, 0.3) is 0 Å². The lowest BCUT2D eigenvalue weighted by molar-refractivity contribution is 0.439. The summed E-state index contributed by atoms with van der Waals surface area (Å²) in [4.78, 5) is 4.29. The van der Waals surface area contributed by atoms with E-state index < -0.39 is 0 Å². The van der Waals surface area contributed by atoms with Crippen molar-refractivity contribution in [2.24, 2.45) is 10.7 Å². The third-order valence-corrected chi connectivity index (χ3v) is 4.22. The van der Waals surface area contributed by atoms with Gasteiger partial charge in [0.2, 0.25) is 0 Å². The van der Waals surface area contributed by atoms with Crippen LogP contribution in [0.15, 0.2) is 51.4 Å². The number of nitrogens with zero attached hydrogens (tertiary/aromatic N) is 1. The number of hydrogen-bond donors (Lipinski definition) is 4. The van der Waals surface area contributed by atoms with Crippen LogP contribution in [0.4, 0.5) is 11.4 Å². The number of thiophene rings is 1. The summed E-state index contributed by atoms with van der Waals surface area (Å²) in [6, 6.07) is 7.01. The molecule has 1 aromatic carbocycles. The lowest BCUT2D eigenvalue weighted by Gasteiger charge is -2.08. The first kappa shape index (κ1) is 16.2. The fourth-order valence-corrected chi connectivity index (χ4v) is 2.74. The Balaban J connectivity index is 2.34. The Bertz CT molecular complexity index is 766. The summed E-state index contributed by atoms with van der Waals surface area (Å²) in [5, 5.41) is 22.6. The second kappa shape index (κ2) is 6.73. The molecular weight excluding hydrogens is 315 g/mol. The van der Waals surface area contributed by atoms with Crippen LogP contribution in [-0.4, -0.2) is 16.7 Å². The van der Waals surface area contributed by atoms with Crippen molar-refractivity contribution < 1.29 is 5.11 Å². The molecule has 1 aromatic heterocycles. The van der Waals surface area contributed by atoms with E-state index in [2.05, 4.69) is 14.2 Å². The Morgan fingerprint density at radius 3 is 2.68 bits per heavy atom. The van der Waals surface area contributed by atoms with Crippen LogP contribution in [0.25, 0.3) is 0 Å². The summed E-state index contributed by atoms with van der Waals surface area (Å²) in [6.07, 6.45) is 0. The minimum atomic E-state index is -0.180. The van der Waals surface area contributed by atoms with Gasteiger partial charge in [0.05, 0.1) is 5.69 Å². The zero-order chi connectivity index (χ0) is 16.3. The Morgan fingerprint density at radius 1 is 1.36 bits per heavy atom. The van der Waals surface area contributed by atoms with Crippen molar-refractivity contribution in [3.8, 4) is 0 Å². The summed E-state index contributed by atoms with van der Waals surface area (Å²) in [5.74, 6) is -0.0219. The number of nitrogens with two attached hydrogens (primary N) is 2. The number of amidine groups is 1. The van der Waals surface area contributed by atoms with E-state index in [0.717, 1.165) is 5.30 Å². The van der Waals surface area contributed by atoms with Gasteiger partial charge >= 0.3 is 0 Å². The Labute approximate surface area is 135 Å². The average Bonchev–Trinajstić information content (AvgIpc) is 3.02. The first-order valence-corrected chi connectivity index (χ1v) is 7.93. The van der Waals surface area contributed by atoms with Crippen molar-refractivity contribution in [3.63, 3.8) is 0 Å². The predicted octanol–water partition coefficient (Wildman–Crippen LogP) is 2.72. The van der Waals surface area contributed by atoms with Gasteiger partial charge in [-0.3, -0.25) is 5.41 Å². The van der Waals surface area contributed by atoms with Crippen LogP contribution in [0.2, 0.25) is 0 Å². The van der Waals surface area contributed by atoms with Crippen LogP contribution < -0.4 is 16.8 Å². The molecule has 0 aliphatic rings. The number of nitrogens with one attached hydrogen (secondary N) is 1. The van der Waals surface area contributed by atoms with Gasteiger partial charge in [-0.1, -0.05) is 0 Å². The molecule has 0 amide bonds. The van der Waals surface area contributed by atoms with Crippen LogP contribution in [-0.2, 0) is 0 Å². The van der Waals surface area contributed by atoms with Crippen LogP contribution in [0.3, 0.4) is 0 Å². The SMILES string of the molecule is C/C(C(N)=Nc1ccc(N)cc1P)=C(/O)C(=N)c1ccsc1. The number of allylic oxidation sites excluding steroid dienone is 1. The fourth-order valence-electron chi connectivity index (χ4n) is 1.74. The normalized spacial score (nSPS) is 12.9. The van der Waals surface area contributed by atoms with E-state index in [1.165, 1.54) is 11.3 Å². The molecule has 114 valence electrons. The maximum atomic E-state index is 10.2. The molecule has 0 saturated heterocycles. The highest BCUT2D eigenvalue weighted by Gasteiger charge is 2.13. The number of benzene rings is 1. The number of rotatable bonds is 4. The fraction of sp³-hybridized carbons (Fsp3) is 0.0667. The van der Waals surface area contributed by atoms with Crippen LogP contribution >= 0.6 is 20.6 Å². The molecule has 0 aliphatic heterocycles. The van der Waals surface area contributed by atoms with Crippen LogP contribution in [0.1, 0.15) is 12.5 Å². The number of hydrogen-bond acceptors (Lipinski definition) is 5. The zero-order valence-electron chi connectivity index (χ0n) is 12.0. The van der Waals surface area contributed by atoms with E-state index in [1.54, 1.807) is 36.6 Å². The second-order valence-corrected chi connectivity index (χ2v) is 6.08. The molecule has 0 bridgehead atoms. The highest BCUT2D eigenvalue weighted by Crippen LogP contribution is 2.18. The Hall–Kier alpha value is -2.17. The third-order valence-electron chi connectivity index (χ3n) is 3.08. The molecule has 7 heteroatoms. The summed E-state index contributed by atoms with van der Waals surface area (Å²) in [6.45, 7) is 1.63. The maximum Gasteiger partial charge on any atom is 0.147 e. The van der Waals surface area contributed by atoms with Crippen LogP contribution in [0.5, 0.6) is 0 Å². The quantitative estimate of drug-likeness (QED) is 0.227. The first-order chi connectivity index (χ1) is 10.4. The van der Waals surface area contributed by atoms with Crippen molar-refractivity contribution >= 4 is 48.8 Å². The van der Waals surface area contributed by atoms with E-state index in [9.17, 15) is 5.11 Å². The van der Waals surface area contributed by atoms with Gasteiger partial charge in [-0.15, -0.1) is 9.24 Å². The Kier molecular flexibility index (Phi) is 4.96. The van der Waals surface area contributed by atoms with Gasteiger partial charge in [0.1, 0.15) is 17.3 Å². The highest BCUT2D eigenvalue weighted by atomic mass is 32.1. The largest absolute Gasteiger partial charge is 0.505 e. The molecule has 2 aromatic rings. The first-order valence-electron chi connectivity index (χ1n) is 6.41. The summed E-state index contributed by atoms with van der Waals surface area (Å²) < 4.78 is 0. The molecule has 6 N–H and O–H groups in total. The molecule has 2 rings (SSSR count). The second-order valence-electron chi connectivity index (χ2n) is 4.68. The van der Waals surface area contributed by atoms with Gasteiger partial charge in [0.15, 0.2) is 0 Å².